The van der Waals surface area contributed by atoms with Crippen LogP contribution in [0.2, 0.25) is 0 Å². The van der Waals surface area contributed by atoms with Gasteiger partial charge in [-0.2, -0.15) is 13.2 Å². The van der Waals surface area contributed by atoms with Crippen LogP contribution in [0.3, 0.4) is 0 Å². The van der Waals surface area contributed by atoms with E-state index in [4.69, 9.17) is 5.73 Å². The minimum atomic E-state index is -4.41. The van der Waals surface area contributed by atoms with Crippen molar-refractivity contribution in [2.45, 2.75) is 51.4 Å². The van der Waals surface area contributed by atoms with Gasteiger partial charge in [0, 0.05) is 18.3 Å². The Labute approximate surface area is 161 Å². The van der Waals surface area contributed by atoms with E-state index in [0.717, 1.165) is 6.07 Å². The molecule has 1 heterocycles. The van der Waals surface area contributed by atoms with Crippen LogP contribution in [0.5, 0.6) is 0 Å². The molecule has 0 radical (unpaired) electrons. The molecule has 2 aliphatic rings. The van der Waals surface area contributed by atoms with Crippen LogP contribution in [0.15, 0.2) is 23.2 Å². The predicted octanol–water partition coefficient (Wildman–Crippen LogP) is 3.61. The average molecular weight is 400 g/mol. The number of amides is 1. The van der Waals surface area contributed by atoms with Crippen molar-refractivity contribution >= 4 is 17.6 Å². The van der Waals surface area contributed by atoms with Crippen LogP contribution < -0.4 is 11.1 Å². The van der Waals surface area contributed by atoms with E-state index in [1.807, 2.05) is 0 Å². The summed E-state index contributed by atoms with van der Waals surface area (Å²) >= 11 is 0. The normalized spacial score (nSPS) is 26.1. The first-order valence-electron chi connectivity index (χ1n) is 9.06. The largest absolute Gasteiger partial charge is 0.408 e. The Bertz CT molecular complexity index is 832. The van der Waals surface area contributed by atoms with Crippen molar-refractivity contribution in [3.05, 3.63) is 29.6 Å². The fourth-order valence-corrected chi connectivity index (χ4v) is 3.64. The number of benzene rings is 1. The average Bonchev–Trinajstić information content (AvgIpc) is 3.41. The molecule has 1 aromatic carbocycles. The summed E-state index contributed by atoms with van der Waals surface area (Å²) in [6, 6.07) is 1.96. The lowest BCUT2D eigenvalue weighted by molar-refractivity contribution is -0.146. The van der Waals surface area contributed by atoms with E-state index >= 15 is 0 Å². The number of aliphatic imine (C=N–C) groups is 1. The predicted molar refractivity (Wildman–Crippen MR) is 98.1 cm³/mol. The maximum absolute atomic E-state index is 14.8. The van der Waals surface area contributed by atoms with Gasteiger partial charge in [0.1, 0.15) is 17.4 Å². The summed E-state index contributed by atoms with van der Waals surface area (Å²) < 4.78 is 54.8. The van der Waals surface area contributed by atoms with E-state index in [1.54, 1.807) is 20.8 Å². The summed E-state index contributed by atoms with van der Waals surface area (Å²) in [4.78, 5) is 18.3. The number of hydrogen-bond donors (Lipinski definition) is 2. The number of nitrogens with one attached hydrogen (secondary N) is 1. The Morgan fingerprint density at radius 2 is 1.89 bits per heavy atom. The first kappa shape index (κ1) is 20.4. The molecule has 3 rings (SSSR count). The second-order valence-corrected chi connectivity index (χ2v) is 8.23. The first-order chi connectivity index (χ1) is 12.8. The zero-order valence-electron chi connectivity index (χ0n) is 16.2. The van der Waals surface area contributed by atoms with E-state index in [2.05, 4.69) is 10.3 Å². The van der Waals surface area contributed by atoms with Crippen LogP contribution in [0.25, 0.3) is 0 Å². The van der Waals surface area contributed by atoms with Crippen molar-refractivity contribution in [1.29, 1.82) is 0 Å². The number of anilines is 1. The topological polar surface area (TPSA) is 70.7 Å². The third kappa shape index (κ3) is 3.20. The first-order valence-corrected chi connectivity index (χ1v) is 9.06. The fourth-order valence-electron chi connectivity index (χ4n) is 3.64. The van der Waals surface area contributed by atoms with Gasteiger partial charge in [0.2, 0.25) is 5.91 Å². The lowest BCUT2D eigenvalue weighted by Gasteiger charge is -2.46. The number of nitrogens with zero attached hydrogens (tertiary/aromatic N) is 2. The minimum absolute atomic E-state index is 0.0172. The maximum Gasteiger partial charge on any atom is 0.408 e. The van der Waals surface area contributed by atoms with Crippen LogP contribution in [0.4, 0.5) is 23.2 Å². The van der Waals surface area contributed by atoms with Gasteiger partial charge in [0.15, 0.2) is 5.96 Å². The van der Waals surface area contributed by atoms with Crippen LogP contribution >= 0.6 is 0 Å². The number of halogens is 4. The zero-order valence-corrected chi connectivity index (χ0v) is 16.2. The Hall–Kier alpha value is -2.32. The number of hydrogen-bond acceptors (Lipinski definition) is 4. The number of alkyl halides is 3. The standard InChI is InChI=1S/C19H24F4N4O/c1-17(2)15(28)27(4)16(24)26-18(17,3)12-9-11(7-8-13(12)20)25-14(10-5-6-10)19(21,22)23/h7-10,14,25H,5-6H2,1-4H3,(H2,24,26). The molecule has 0 aromatic heterocycles. The number of guanidine groups is 1. The van der Waals surface area contributed by atoms with Gasteiger partial charge in [0.05, 0.1) is 5.41 Å². The van der Waals surface area contributed by atoms with Gasteiger partial charge in [-0.1, -0.05) is 0 Å². The van der Waals surface area contributed by atoms with E-state index in [0.29, 0.717) is 12.8 Å². The van der Waals surface area contributed by atoms with Crippen molar-refractivity contribution in [3.63, 3.8) is 0 Å². The zero-order chi connectivity index (χ0) is 21.1. The molecule has 154 valence electrons. The van der Waals surface area contributed by atoms with Crippen molar-refractivity contribution in [1.82, 2.24) is 4.90 Å². The molecular formula is C19H24F4N4O. The maximum atomic E-state index is 14.8. The molecule has 9 heteroatoms. The Balaban J connectivity index is 2.05. The van der Waals surface area contributed by atoms with Crippen LogP contribution in [0.1, 0.15) is 39.2 Å². The highest BCUT2D eigenvalue weighted by molar-refractivity contribution is 6.01. The molecule has 2 atom stereocenters. The molecule has 28 heavy (non-hydrogen) atoms. The molecule has 0 saturated heterocycles. The third-order valence-electron chi connectivity index (χ3n) is 6.00. The monoisotopic (exact) mass is 400 g/mol. The van der Waals surface area contributed by atoms with Gasteiger partial charge in [-0.3, -0.25) is 9.69 Å². The summed E-state index contributed by atoms with van der Waals surface area (Å²) in [6.45, 7) is 4.79. The van der Waals surface area contributed by atoms with Gasteiger partial charge in [-0.15, -0.1) is 0 Å². The molecule has 1 fully saturated rings. The van der Waals surface area contributed by atoms with Crippen molar-refractivity contribution in [3.8, 4) is 0 Å². The Kier molecular flexibility index (Phi) is 4.63. The molecule has 3 N–H and O–H groups in total. The highest BCUT2D eigenvalue weighted by Crippen LogP contribution is 2.48. The summed E-state index contributed by atoms with van der Waals surface area (Å²) in [5.41, 5.74) is 3.45. The van der Waals surface area contributed by atoms with E-state index in [9.17, 15) is 22.4 Å². The van der Waals surface area contributed by atoms with Crippen molar-refractivity contribution in [2.24, 2.45) is 22.1 Å². The summed E-state index contributed by atoms with van der Waals surface area (Å²) in [7, 11) is 1.47. The number of carbonyl (C=O) groups excluding carboxylic acids is 1. The van der Waals surface area contributed by atoms with Crippen LogP contribution in [-0.4, -0.2) is 36.0 Å². The third-order valence-corrected chi connectivity index (χ3v) is 6.00. The minimum Gasteiger partial charge on any atom is -0.374 e. The van der Waals surface area contributed by atoms with Crippen LogP contribution in [0, 0.1) is 17.2 Å². The van der Waals surface area contributed by atoms with E-state index in [1.165, 1.54) is 24.1 Å². The highest BCUT2D eigenvalue weighted by atomic mass is 19.4. The van der Waals surface area contributed by atoms with Crippen LogP contribution in [-0.2, 0) is 10.3 Å². The van der Waals surface area contributed by atoms with E-state index in [-0.39, 0.29) is 23.1 Å². The molecule has 1 saturated carbocycles. The van der Waals surface area contributed by atoms with Crippen molar-refractivity contribution < 1.29 is 22.4 Å². The SMILES string of the molecule is CN1C(=O)C(C)(C)C(C)(c2cc(NC(C3CC3)C(F)(F)F)ccc2F)N=C1N. The quantitative estimate of drug-likeness (QED) is 0.759. The van der Waals surface area contributed by atoms with Gasteiger partial charge in [-0.25, -0.2) is 9.38 Å². The Morgan fingerprint density at radius 1 is 1.29 bits per heavy atom. The molecule has 1 aliphatic heterocycles. The lowest BCUT2D eigenvalue weighted by Crippen LogP contribution is -2.58. The molecule has 1 amide bonds. The smallest absolute Gasteiger partial charge is 0.374 e. The Morgan fingerprint density at radius 3 is 2.43 bits per heavy atom. The molecule has 2 unspecified atom stereocenters. The van der Waals surface area contributed by atoms with Gasteiger partial charge in [-0.05, 0) is 57.7 Å². The van der Waals surface area contributed by atoms with Crippen molar-refractivity contribution in [2.75, 3.05) is 12.4 Å². The van der Waals surface area contributed by atoms with Gasteiger partial charge >= 0.3 is 6.18 Å². The second kappa shape index (κ2) is 6.35. The molecule has 1 aromatic rings. The molecular weight excluding hydrogens is 376 g/mol. The molecule has 1 aliphatic carbocycles. The number of nitrogens with two attached hydrogens (primary N) is 1. The highest BCUT2D eigenvalue weighted by Gasteiger charge is 2.54. The van der Waals surface area contributed by atoms with E-state index < -0.39 is 34.9 Å². The van der Waals surface area contributed by atoms with Gasteiger partial charge < -0.3 is 11.1 Å². The second-order valence-electron chi connectivity index (χ2n) is 8.23. The summed E-state index contributed by atoms with van der Waals surface area (Å²) in [5.74, 6) is -1.58. The number of carbonyl (C=O) groups is 1. The summed E-state index contributed by atoms with van der Waals surface area (Å²) in [6.07, 6.45) is -3.42. The molecule has 0 bridgehead atoms. The molecule has 5 nitrogen and oxygen atoms in total. The molecule has 0 spiro atoms. The van der Waals surface area contributed by atoms with Gasteiger partial charge in [0.25, 0.3) is 0 Å². The summed E-state index contributed by atoms with van der Waals surface area (Å²) in [5, 5.41) is 2.50. The number of rotatable bonds is 4. The lowest BCUT2D eigenvalue weighted by atomic mass is 9.67. The fraction of sp³-hybridized carbons (Fsp3) is 0.579.